The summed E-state index contributed by atoms with van der Waals surface area (Å²) >= 11 is 0. The number of nitrogens with zero attached hydrogens (tertiary/aromatic N) is 3. The largest absolute Gasteiger partial charge is 0.345 e. The quantitative estimate of drug-likeness (QED) is 0.905. The van der Waals surface area contributed by atoms with Crippen molar-refractivity contribution < 1.29 is 0 Å². The van der Waals surface area contributed by atoms with Crippen LogP contribution in [0, 0.1) is 5.92 Å². The summed E-state index contributed by atoms with van der Waals surface area (Å²) in [6, 6.07) is 0.684. The van der Waals surface area contributed by atoms with Crippen LogP contribution >= 0.6 is 0 Å². The predicted molar refractivity (Wildman–Crippen MR) is 88.0 cm³/mol. The highest BCUT2D eigenvalue weighted by Crippen LogP contribution is 2.33. The fraction of sp³-hybridized carbons (Fsp3) is 0.824. The van der Waals surface area contributed by atoms with Crippen LogP contribution in [0.4, 0.5) is 5.95 Å². The summed E-state index contributed by atoms with van der Waals surface area (Å²) in [6.45, 7) is 5.71. The van der Waals surface area contributed by atoms with Gasteiger partial charge in [0.05, 0.1) is 5.69 Å². The van der Waals surface area contributed by atoms with E-state index in [4.69, 9.17) is 4.98 Å². The first-order chi connectivity index (χ1) is 10.3. The van der Waals surface area contributed by atoms with E-state index < -0.39 is 0 Å². The summed E-state index contributed by atoms with van der Waals surface area (Å²) in [5.41, 5.74) is 1.24. The van der Waals surface area contributed by atoms with Crippen molar-refractivity contribution in [2.24, 2.45) is 5.92 Å². The van der Waals surface area contributed by atoms with Gasteiger partial charge in [0, 0.05) is 25.8 Å². The van der Waals surface area contributed by atoms with E-state index in [1.807, 2.05) is 0 Å². The van der Waals surface area contributed by atoms with Crippen molar-refractivity contribution in [1.29, 1.82) is 0 Å². The van der Waals surface area contributed by atoms with Crippen molar-refractivity contribution in [3.63, 3.8) is 0 Å². The first-order valence-corrected chi connectivity index (χ1v) is 8.77. The van der Waals surface area contributed by atoms with Crippen molar-refractivity contribution in [1.82, 2.24) is 14.9 Å². The Hall–Kier alpha value is -1.03. The minimum absolute atomic E-state index is 0.684. The van der Waals surface area contributed by atoms with Gasteiger partial charge in [-0.25, -0.2) is 4.98 Å². The summed E-state index contributed by atoms with van der Waals surface area (Å²) in [4.78, 5) is 7.32. The molecule has 1 aliphatic heterocycles. The smallest absolute Gasteiger partial charge is 0.205 e. The third-order valence-corrected chi connectivity index (χ3v) is 5.18. The lowest BCUT2D eigenvalue weighted by atomic mass is 9.98. The fourth-order valence-corrected chi connectivity index (χ4v) is 3.87. The number of hydrogen-bond acceptors (Lipinski definition) is 3. The molecule has 4 nitrogen and oxygen atoms in total. The molecule has 3 rings (SSSR count). The third kappa shape index (κ3) is 3.42. The average molecular weight is 290 g/mol. The molecule has 0 aromatic carbocycles. The number of hydrogen-bond donors (Lipinski definition) is 1. The Morgan fingerprint density at radius 3 is 2.62 bits per heavy atom. The van der Waals surface area contributed by atoms with Gasteiger partial charge < -0.3 is 14.8 Å². The van der Waals surface area contributed by atoms with Crippen LogP contribution < -0.4 is 10.2 Å². The summed E-state index contributed by atoms with van der Waals surface area (Å²) in [6.07, 6.45) is 11.4. The van der Waals surface area contributed by atoms with Crippen molar-refractivity contribution in [2.75, 3.05) is 31.6 Å². The first-order valence-electron chi connectivity index (χ1n) is 8.77. The molecular weight excluding hydrogens is 260 g/mol. The molecule has 1 saturated carbocycles. The predicted octanol–water partition coefficient (Wildman–Crippen LogP) is 3.00. The van der Waals surface area contributed by atoms with Crippen molar-refractivity contribution >= 4 is 5.95 Å². The van der Waals surface area contributed by atoms with Gasteiger partial charge in [-0.3, -0.25) is 0 Å². The maximum absolute atomic E-state index is 4.91. The molecule has 2 fully saturated rings. The minimum Gasteiger partial charge on any atom is -0.345 e. The molecule has 2 heterocycles. The van der Waals surface area contributed by atoms with Crippen LogP contribution in [0.15, 0.2) is 6.20 Å². The van der Waals surface area contributed by atoms with E-state index in [9.17, 15) is 0 Å². The van der Waals surface area contributed by atoms with Crippen LogP contribution in [0.5, 0.6) is 0 Å². The van der Waals surface area contributed by atoms with Gasteiger partial charge in [0.25, 0.3) is 0 Å². The molecule has 0 amide bonds. The van der Waals surface area contributed by atoms with Crippen molar-refractivity contribution in [3.05, 3.63) is 11.9 Å². The maximum Gasteiger partial charge on any atom is 0.205 e. The topological polar surface area (TPSA) is 33.1 Å². The fourth-order valence-electron chi connectivity index (χ4n) is 3.87. The zero-order chi connectivity index (χ0) is 14.7. The van der Waals surface area contributed by atoms with E-state index in [-0.39, 0.29) is 0 Å². The van der Waals surface area contributed by atoms with Gasteiger partial charge in [-0.1, -0.05) is 19.8 Å². The second kappa shape index (κ2) is 6.82. The van der Waals surface area contributed by atoms with Crippen LogP contribution in [-0.2, 0) is 6.42 Å². The highest BCUT2D eigenvalue weighted by atomic mass is 15.3. The molecular formula is C17H30N4. The molecule has 1 aliphatic carbocycles. The number of piperidine rings is 1. The second-order valence-electron chi connectivity index (χ2n) is 6.81. The van der Waals surface area contributed by atoms with Crippen LogP contribution in [0.25, 0.3) is 0 Å². The second-order valence-corrected chi connectivity index (χ2v) is 6.81. The molecule has 1 aromatic rings. The highest BCUT2D eigenvalue weighted by molar-refractivity contribution is 5.33. The highest BCUT2D eigenvalue weighted by Gasteiger charge is 2.24. The zero-order valence-corrected chi connectivity index (χ0v) is 13.6. The summed E-state index contributed by atoms with van der Waals surface area (Å²) < 4.78 is 2.48. The van der Waals surface area contributed by atoms with E-state index in [1.54, 1.807) is 0 Å². The van der Waals surface area contributed by atoms with E-state index in [0.717, 1.165) is 18.9 Å². The Balaban J connectivity index is 1.73. The molecule has 2 aliphatic rings. The molecule has 0 bridgehead atoms. The molecule has 0 unspecified atom stereocenters. The van der Waals surface area contributed by atoms with Gasteiger partial charge in [-0.15, -0.1) is 0 Å². The number of nitrogens with one attached hydrogen (secondary N) is 1. The van der Waals surface area contributed by atoms with E-state index in [2.05, 4.69) is 35.0 Å². The lowest BCUT2D eigenvalue weighted by Crippen LogP contribution is -2.35. The van der Waals surface area contributed by atoms with E-state index in [1.165, 1.54) is 63.3 Å². The Labute approximate surface area is 128 Å². The van der Waals surface area contributed by atoms with E-state index in [0.29, 0.717) is 6.04 Å². The SMILES string of the molecule is CCc1cn(C2CCCC2)c(N(C)CC2CCNCC2)n1. The van der Waals surface area contributed by atoms with Gasteiger partial charge in [0.2, 0.25) is 5.95 Å². The molecule has 0 atom stereocenters. The zero-order valence-electron chi connectivity index (χ0n) is 13.6. The third-order valence-electron chi connectivity index (χ3n) is 5.18. The number of anilines is 1. The van der Waals surface area contributed by atoms with Crippen molar-refractivity contribution in [2.45, 2.75) is 57.9 Å². The molecule has 1 aromatic heterocycles. The van der Waals surface area contributed by atoms with Gasteiger partial charge >= 0.3 is 0 Å². The Morgan fingerprint density at radius 2 is 1.95 bits per heavy atom. The number of aryl methyl sites for hydroxylation is 1. The summed E-state index contributed by atoms with van der Waals surface area (Å²) in [5.74, 6) is 2.02. The summed E-state index contributed by atoms with van der Waals surface area (Å²) in [5, 5.41) is 3.46. The number of imidazole rings is 1. The molecule has 0 radical (unpaired) electrons. The van der Waals surface area contributed by atoms with E-state index >= 15 is 0 Å². The normalized spacial score (nSPS) is 21.0. The minimum atomic E-state index is 0.684. The van der Waals surface area contributed by atoms with Gasteiger partial charge in [0.15, 0.2) is 0 Å². The van der Waals surface area contributed by atoms with Gasteiger partial charge in [-0.05, 0) is 51.1 Å². The maximum atomic E-state index is 4.91. The lowest BCUT2D eigenvalue weighted by Gasteiger charge is -2.29. The number of aromatic nitrogens is 2. The van der Waals surface area contributed by atoms with Gasteiger partial charge in [-0.2, -0.15) is 0 Å². The molecule has 4 heteroatoms. The standard InChI is InChI=1S/C17H30N4/c1-3-15-13-21(16-6-4-5-7-16)17(19-15)20(2)12-14-8-10-18-11-9-14/h13-14,16,18H,3-12H2,1-2H3. The number of rotatable bonds is 5. The molecule has 21 heavy (non-hydrogen) atoms. The van der Waals surface area contributed by atoms with Crippen LogP contribution in [-0.4, -0.2) is 36.2 Å². The van der Waals surface area contributed by atoms with Crippen LogP contribution in [0.3, 0.4) is 0 Å². The van der Waals surface area contributed by atoms with Crippen LogP contribution in [0.1, 0.15) is 57.2 Å². The molecule has 0 spiro atoms. The van der Waals surface area contributed by atoms with Crippen molar-refractivity contribution in [3.8, 4) is 0 Å². The first kappa shape index (κ1) is 14.9. The Kier molecular flexibility index (Phi) is 4.84. The Bertz CT molecular complexity index is 442. The van der Waals surface area contributed by atoms with Crippen LogP contribution in [0.2, 0.25) is 0 Å². The van der Waals surface area contributed by atoms with Gasteiger partial charge in [0.1, 0.15) is 0 Å². The lowest BCUT2D eigenvalue weighted by molar-refractivity contribution is 0.374. The monoisotopic (exact) mass is 290 g/mol. The molecule has 1 N–H and O–H groups in total. The summed E-state index contributed by atoms with van der Waals surface area (Å²) in [7, 11) is 2.23. The Morgan fingerprint density at radius 1 is 1.24 bits per heavy atom. The molecule has 1 saturated heterocycles. The average Bonchev–Trinajstić information content (AvgIpc) is 3.17. The molecule has 118 valence electrons.